The highest BCUT2D eigenvalue weighted by Crippen LogP contribution is 2.37. The average Bonchev–Trinajstić information content (AvgIpc) is 3.34. The van der Waals surface area contributed by atoms with Gasteiger partial charge >= 0.3 is 17.6 Å². The van der Waals surface area contributed by atoms with E-state index >= 15 is 0 Å². The van der Waals surface area contributed by atoms with Gasteiger partial charge in [0.2, 0.25) is 5.75 Å². The lowest BCUT2D eigenvalue weighted by Gasteiger charge is -2.24. The van der Waals surface area contributed by atoms with E-state index in [0.29, 0.717) is 31.7 Å². The first kappa shape index (κ1) is 33.5. The van der Waals surface area contributed by atoms with Crippen molar-refractivity contribution in [2.24, 2.45) is 4.99 Å². The van der Waals surface area contributed by atoms with E-state index in [1.807, 2.05) is 31.2 Å². The number of benzene rings is 3. The fourth-order valence-corrected chi connectivity index (χ4v) is 6.70. The molecule has 2 heterocycles. The summed E-state index contributed by atoms with van der Waals surface area (Å²) in [5, 5.41) is 12.1. The normalized spacial score (nSPS) is 14.3. The highest BCUT2D eigenvalue weighted by atomic mass is 79.9. The number of nitro benzene ring substituents is 1. The van der Waals surface area contributed by atoms with Crippen molar-refractivity contribution in [3.05, 3.63) is 134 Å². The molecule has 1 aliphatic rings. The van der Waals surface area contributed by atoms with E-state index in [1.165, 1.54) is 10.6 Å². The zero-order valence-corrected chi connectivity index (χ0v) is 28.3. The van der Waals surface area contributed by atoms with Crippen LogP contribution in [0.2, 0.25) is 0 Å². The van der Waals surface area contributed by atoms with Crippen molar-refractivity contribution in [1.82, 2.24) is 4.57 Å². The van der Waals surface area contributed by atoms with E-state index in [-0.39, 0.29) is 41.4 Å². The van der Waals surface area contributed by atoms with Gasteiger partial charge in [-0.2, -0.15) is 0 Å². The Balaban J connectivity index is 1.52. The number of allylic oxidation sites excluding steroid dienone is 1. The Kier molecular flexibility index (Phi) is 10.2. The molecule has 13 heteroatoms. The van der Waals surface area contributed by atoms with Crippen LogP contribution in [0.25, 0.3) is 6.08 Å². The van der Waals surface area contributed by atoms with Crippen LogP contribution in [0, 0.1) is 17.0 Å². The molecule has 0 bridgehead atoms. The lowest BCUT2D eigenvalue weighted by atomic mass is 9.95. The summed E-state index contributed by atoms with van der Waals surface area (Å²) in [6.07, 6.45) is 1.55. The number of esters is 2. The second-order valence-corrected chi connectivity index (χ2v) is 12.4. The van der Waals surface area contributed by atoms with Crippen molar-refractivity contribution < 1.29 is 28.7 Å². The molecule has 0 fully saturated rings. The van der Waals surface area contributed by atoms with Crippen LogP contribution in [-0.2, 0) is 20.9 Å². The average molecular weight is 721 g/mol. The molecule has 5 rings (SSSR count). The quantitative estimate of drug-likeness (QED) is 0.118. The molecule has 0 aliphatic carbocycles. The first-order chi connectivity index (χ1) is 22.5. The maximum absolute atomic E-state index is 13.9. The number of halogens is 1. The molecule has 0 saturated heterocycles. The molecular weight excluding hydrogens is 690 g/mol. The Morgan fingerprint density at radius 3 is 2.32 bits per heavy atom. The van der Waals surface area contributed by atoms with Crippen LogP contribution in [-0.4, -0.2) is 34.6 Å². The first-order valence-electron chi connectivity index (χ1n) is 14.6. The smallest absolute Gasteiger partial charge is 0.338 e. The number of rotatable bonds is 10. The number of hydrogen-bond acceptors (Lipinski definition) is 10. The highest BCUT2D eigenvalue weighted by molar-refractivity contribution is 9.10. The fourth-order valence-electron chi connectivity index (χ4n) is 5.08. The number of carbonyl (C=O) groups is 2. The van der Waals surface area contributed by atoms with Gasteiger partial charge in [-0.3, -0.25) is 19.5 Å². The summed E-state index contributed by atoms with van der Waals surface area (Å²) in [5.41, 5.74) is 3.19. The van der Waals surface area contributed by atoms with Gasteiger partial charge < -0.3 is 14.2 Å². The van der Waals surface area contributed by atoms with E-state index in [4.69, 9.17) is 14.2 Å². The van der Waals surface area contributed by atoms with Crippen molar-refractivity contribution in [3.8, 4) is 5.75 Å². The largest absolute Gasteiger partial charge is 0.481 e. The summed E-state index contributed by atoms with van der Waals surface area (Å²) in [4.78, 5) is 55.5. The van der Waals surface area contributed by atoms with Crippen molar-refractivity contribution in [1.29, 1.82) is 0 Å². The number of nitrogens with zero attached hydrogens (tertiary/aromatic N) is 3. The predicted octanol–water partition coefficient (Wildman–Crippen LogP) is 5.53. The number of aryl methyl sites for hydroxylation is 1. The van der Waals surface area contributed by atoms with E-state index in [0.717, 1.165) is 22.5 Å². The summed E-state index contributed by atoms with van der Waals surface area (Å²) in [6.45, 7) is 7.51. The van der Waals surface area contributed by atoms with Crippen molar-refractivity contribution in [2.75, 3.05) is 13.2 Å². The standard InChI is InChI=1S/C34H30BrN3O8S/c1-5-44-32(40)24-13-9-21(10-14-24)18-46-30-25(35)15-22(16-26(30)38(42)43)17-27-31(39)37-29(23-11-7-19(3)8-12-23)28(33(41)45-6-2)20(4)36-34(37)47-27/h7-17,29H,5-6,18H2,1-4H3/b27-17-/t29-/m0/s1. The fraction of sp³-hybridized carbons (Fsp3) is 0.235. The molecule has 47 heavy (non-hydrogen) atoms. The van der Waals surface area contributed by atoms with Crippen LogP contribution in [0.3, 0.4) is 0 Å². The van der Waals surface area contributed by atoms with Crippen LogP contribution in [0.4, 0.5) is 5.69 Å². The van der Waals surface area contributed by atoms with Gasteiger partial charge in [-0.15, -0.1) is 0 Å². The SMILES string of the molecule is CCOC(=O)C1=C(C)N=c2s/c(=C\c3cc(Br)c(OCc4ccc(C(=O)OCC)cc4)c([N+](=O)[O-])c3)c(=O)n2[C@H]1c1ccc(C)cc1. The molecule has 242 valence electrons. The van der Waals surface area contributed by atoms with Crippen LogP contribution in [0.1, 0.15) is 59.4 Å². The predicted molar refractivity (Wildman–Crippen MR) is 179 cm³/mol. The van der Waals surface area contributed by atoms with Gasteiger partial charge in [-0.25, -0.2) is 14.6 Å². The lowest BCUT2D eigenvalue weighted by Crippen LogP contribution is -2.39. The third-order valence-corrected chi connectivity index (χ3v) is 8.87. The first-order valence-corrected chi connectivity index (χ1v) is 16.3. The Hall–Kier alpha value is -4.88. The summed E-state index contributed by atoms with van der Waals surface area (Å²) in [5.74, 6) is -0.988. The lowest BCUT2D eigenvalue weighted by molar-refractivity contribution is -0.386. The summed E-state index contributed by atoms with van der Waals surface area (Å²) in [7, 11) is 0. The molecule has 1 aromatic heterocycles. The molecular formula is C34H30BrN3O8S. The molecule has 4 aromatic rings. The molecule has 3 aromatic carbocycles. The van der Waals surface area contributed by atoms with Crippen LogP contribution < -0.4 is 19.6 Å². The number of fused-ring (bicyclic) bond motifs is 1. The number of hydrogen-bond donors (Lipinski definition) is 0. The summed E-state index contributed by atoms with van der Waals surface area (Å²) in [6, 6.07) is 16.3. The molecule has 1 atom stereocenters. The Bertz CT molecular complexity index is 2080. The van der Waals surface area contributed by atoms with Crippen molar-refractivity contribution >= 4 is 51.0 Å². The van der Waals surface area contributed by atoms with Gasteiger partial charge in [0, 0.05) is 6.07 Å². The molecule has 11 nitrogen and oxygen atoms in total. The van der Waals surface area contributed by atoms with E-state index in [1.54, 1.807) is 57.2 Å². The van der Waals surface area contributed by atoms with E-state index in [2.05, 4.69) is 20.9 Å². The van der Waals surface area contributed by atoms with Gasteiger partial charge in [0.05, 0.1) is 50.0 Å². The second-order valence-electron chi connectivity index (χ2n) is 10.5. The minimum absolute atomic E-state index is 0.00164. The van der Waals surface area contributed by atoms with Gasteiger partial charge in [0.25, 0.3) is 5.56 Å². The Labute approximate surface area is 281 Å². The zero-order valence-electron chi connectivity index (χ0n) is 25.9. The van der Waals surface area contributed by atoms with E-state index in [9.17, 15) is 24.5 Å². The van der Waals surface area contributed by atoms with Crippen molar-refractivity contribution in [3.63, 3.8) is 0 Å². The minimum Gasteiger partial charge on any atom is -0.481 e. The second kappa shape index (κ2) is 14.3. The zero-order chi connectivity index (χ0) is 33.8. The van der Waals surface area contributed by atoms with Gasteiger partial charge in [-0.05, 0) is 84.6 Å². The third-order valence-electron chi connectivity index (χ3n) is 7.30. The third kappa shape index (κ3) is 7.10. The molecule has 1 aliphatic heterocycles. The topological polar surface area (TPSA) is 139 Å². The molecule has 0 N–H and O–H groups in total. The molecule has 0 saturated carbocycles. The van der Waals surface area contributed by atoms with Gasteiger partial charge in [0.1, 0.15) is 6.61 Å². The molecule has 0 spiro atoms. The van der Waals surface area contributed by atoms with Crippen molar-refractivity contribution in [2.45, 2.75) is 40.3 Å². The number of ether oxygens (including phenoxy) is 3. The minimum atomic E-state index is -0.767. The Morgan fingerprint density at radius 2 is 1.68 bits per heavy atom. The van der Waals surface area contributed by atoms with Gasteiger partial charge in [0.15, 0.2) is 4.80 Å². The molecule has 0 unspecified atom stereocenters. The Morgan fingerprint density at radius 1 is 1.02 bits per heavy atom. The maximum Gasteiger partial charge on any atom is 0.338 e. The number of thiazole rings is 1. The molecule has 0 amide bonds. The highest BCUT2D eigenvalue weighted by Gasteiger charge is 2.33. The summed E-state index contributed by atoms with van der Waals surface area (Å²) < 4.78 is 18.2. The monoisotopic (exact) mass is 719 g/mol. The molecule has 0 radical (unpaired) electrons. The maximum atomic E-state index is 13.9. The van der Waals surface area contributed by atoms with E-state index < -0.39 is 28.5 Å². The van der Waals surface area contributed by atoms with Crippen LogP contribution in [0.15, 0.2) is 86.2 Å². The summed E-state index contributed by atoms with van der Waals surface area (Å²) >= 11 is 4.52. The number of nitro groups is 1. The van der Waals surface area contributed by atoms with Gasteiger partial charge in [-0.1, -0.05) is 53.3 Å². The number of carbonyl (C=O) groups excluding carboxylic acids is 2. The van der Waals surface area contributed by atoms with Crippen LogP contribution >= 0.6 is 27.3 Å². The van der Waals surface area contributed by atoms with Crippen LogP contribution in [0.5, 0.6) is 5.75 Å². The number of aromatic nitrogens is 1.